The first kappa shape index (κ1) is 24.6. The number of imide groups is 1. The first-order chi connectivity index (χ1) is 17.3. The Kier molecular flexibility index (Phi) is 6.82. The summed E-state index contributed by atoms with van der Waals surface area (Å²) in [7, 11) is 1.27. The highest BCUT2D eigenvalue weighted by molar-refractivity contribution is 6.37. The van der Waals surface area contributed by atoms with Crippen molar-refractivity contribution in [1.29, 1.82) is 0 Å². The monoisotopic (exact) mass is 489 g/mol. The first-order valence-electron chi connectivity index (χ1n) is 11.3. The summed E-state index contributed by atoms with van der Waals surface area (Å²) in [6.45, 7) is 3.28. The largest absolute Gasteiger partial charge is 0.469 e. The Bertz CT molecular complexity index is 1290. The van der Waals surface area contributed by atoms with Crippen LogP contribution in [-0.2, 0) is 25.4 Å². The van der Waals surface area contributed by atoms with Crippen LogP contribution in [0.3, 0.4) is 0 Å². The molecule has 0 aromatic heterocycles. The van der Waals surface area contributed by atoms with Gasteiger partial charge in [-0.1, -0.05) is 36.4 Å². The minimum absolute atomic E-state index is 0.0222. The molecule has 36 heavy (non-hydrogen) atoms. The van der Waals surface area contributed by atoms with Gasteiger partial charge < -0.3 is 14.2 Å². The Balaban J connectivity index is 2.04. The van der Waals surface area contributed by atoms with Gasteiger partial charge in [-0.2, -0.15) is 0 Å². The van der Waals surface area contributed by atoms with Crippen LogP contribution >= 0.6 is 0 Å². The molecule has 2 amide bonds. The van der Waals surface area contributed by atoms with E-state index in [1.54, 1.807) is 50.2 Å². The van der Waals surface area contributed by atoms with Crippen LogP contribution in [0.1, 0.15) is 60.8 Å². The molecule has 0 saturated carbocycles. The molecular formula is C27H23NO8. The van der Waals surface area contributed by atoms with Gasteiger partial charge in [-0.3, -0.25) is 14.4 Å². The second-order valence-electron chi connectivity index (χ2n) is 7.85. The number of carbonyl (C=O) groups is 5. The summed E-state index contributed by atoms with van der Waals surface area (Å²) in [5.74, 6) is -3.44. The van der Waals surface area contributed by atoms with Crippen LogP contribution < -0.4 is 4.90 Å². The Hall–Kier alpha value is -4.53. The van der Waals surface area contributed by atoms with Gasteiger partial charge in [-0.25, -0.2) is 14.5 Å². The van der Waals surface area contributed by atoms with E-state index in [1.165, 1.54) is 19.2 Å². The molecule has 0 unspecified atom stereocenters. The fraction of sp³-hybridized carbons (Fsp3) is 0.222. The lowest BCUT2D eigenvalue weighted by Gasteiger charge is -2.17. The average Bonchev–Trinajstić information content (AvgIpc) is 3.22. The van der Waals surface area contributed by atoms with Crippen molar-refractivity contribution in [3.63, 3.8) is 0 Å². The number of amides is 2. The molecule has 9 heteroatoms. The summed E-state index contributed by atoms with van der Waals surface area (Å²) in [4.78, 5) is 65.8. The SMILES string of the molecule is CCOC(=O)c1c2ccc(CC(=O)OC)ccc-2c(C(=O)OCC)c1N1C(=O)c2ccccc2C1=O. The van der Waals surface area contributed by atoms with E-state index >= 15 is 0 Å². The fourth-order valence-electron chi connectivity index (χ4n) is 4.22. The molecule has 1 heterocycles. The highest BCUT2D eigenvalue weighted by atomic mass is 16.5. The summed E-state index contributed by atoms with van der Waals surface area (Å²) in [6, 6.07) is 12.5. The van der Waals surface area contributed by atoms with Gasteiger partial charge in [-0.05, 0) is 42.7 Å². The quantitative estimate of drug-likeness (QED) is 0.280. The molecule has 4 rings (SSSR count). The van der Waals surface area contributed by atoms with Crippen LogP contribution in [0.5, 0.6) is 0 Å². The zero-order valence-corrected chi connectivity index (χ0v) is 20.0. The van der Waals surface area contributed by atoms with E-state index < -0.39 is 29.7 Å². The number of rotatable bonds is 7. The molecule has 0 bridgehead atoms. The van der Waals surface area contributed by atoms with Gasteiger partial charge in [0.15, 0.2) is 0 Å². The molecule has 0 N–H and O–H groups in total. The maximum Gasteiger partial charge on any atom is 0.340 e. The molecule has 0 radical (unpaired) electrons. The molecule has 9 nitrogen and oxygen atoms in total. The van der Waals surface area contributed by atoms with Crippen LogP contribution in [0.25, 0.3) is 11.1 Å². The lowest BCUT2D eigenvalue weighted by molar-refractivity contribution is -0.139. The minimum Gasteiger partial charge on any atom is -0.469 e. The molecule has 1 aliphatic heterocycles. The molecule has 2 aliphatic carbocycles. The van der Waals surface area contributed by atoms with Gasteiger partial charge in [0.1, 0.15) is 0 Å². The number of hydrogen-bond donors (Lipinski definition) is 0. The van der Waals surface area contributed by atoms with Crippen molar-refractivity contribution in [2.45, 2.75) is 20.3 Å². The second-order valence-corrected chi connectivity index (χ2v) is 7.85. The normalized spacial score (nSPS) is 12.5. The van der Waals surface area contributed by atoms with Crippen molar-refractivity contribution in [2.75, 3.05) is 25.2 Å². The molecule has 0 atom stereocenters. The van der Waals surface area contributed by atoms with E-state index in [4.69, 9.17) is 14.2 Å². The topological polar surface area (TPSA) is 116 Å². The standard InChI is InChI=1S/C27H23NO8/c1-4-35-26(32)21-16-12-10-15(14-20(29)34-3)11-13-17(16)22(27(33)36-5-2)23(21)28-24(30)18-8-6-7-9-19(18)25(28)31/h6-13H,4-5,14H2,1-3H3. The second kappa shape index (κ2) is 9.99. The molecule has 3 aliphatic rings. The number of methoxy groups -OCH3 is 1. The fourth-order valence-corrected chi connectivity index (χ4v) is 4.22. The number of ether oxygens (including phenoxy) is 3. The highest BCUT2D eigenvalue weighted by Gasteiger charge is 2.44. The van der Waals surface area contributed by atoms with E-state index in [2.05, 4.69) is 0 Å². The summed E-state index contributed by atoms with van der Waals surface area (Å²) in [5.41, 5.74) is 0.970. The van der Waals surface area contributed by atoms with Crippen LogP contribution in [-0.4, -0.2) is 50.0 Å². The summed E-state index contributed by atoms with van der Waals surface area (Å²) < 4.78 is 15.3. The molecule has 1 aromatic carbocycles. The zero-order valence-electron chi connectivity index (χ0n) is 20.0. The van der Waals surface area contributed by atoms with Gasteiger partial charge in [-0.15, -0.1) is 0 Å². The van der Waals surface area contributed by atoms with Crippen molar-refractivity contribution in [1.82, 2.24) is 0 Å². The van der Waals surface area contributed by atoms with Crippen molar-refractivity contribution < 1.29 is 38.2 Å². The lowest BCUT2D eigenvalue weighted by Crippen LogP contribution is -2.32. The Labute approximate surface area is 206 Å². The predicted molar refractivity (Wildman–Crippen MR) is 128 cm³/mol. The van der Waals surface area contributed by atoms with E-state index in [0.29, 0.717) is 5.56 Å². The summed E-state index contributed by atoms with van der Waals surface area (Å²) >= 11 is 0. The number of esters is 3. The molecule has 0 fully saturated rings. The Morgan fingerprint density at radius 1 is 0.722 bits per heavy atom. The van der Waals surface area contributed by atoms with Gasteiger partial charge in [0.25, 0.3) is 11.8 Å². The van der Waals surface area contributed by atoms with Gasteiger partial charge >= 0.3 is 17.9 Å². The van der Waals surface area contributed by atoms with Crippen LogP contribution in [0.4, 0.5) is 5.69 Å². The molecule has 1 aromatic rings. The van der Waals surface area contributed by atoms with E-state index in [1.807, 2.05) is 0 Å². The van der Waals surface area contributed by atoms with Crippen LogP contribution in [0, 0.1) is 0 Å². The first-order valence-corrected chi connectivity index (χ1v) is 11.3. The number of anilines is 1. The van der Waals surface area contributed by atoms with Crippen LogP contribution in [0.2, 0.25) is 0 Å². The molecule has 0 spiro atoms. The van der Waals surface area contributed by atoms with Gasteiger partial charge in [0.05, 0.1) is 54.7 Å². The van der Waals surface area contributed by atoms with Crippen molar-refractivity contribution in [3.05, 3.63) is 76.3 Å². The molecule has 0 saturated heterocycles. The third kappa shape index (κ3) is 4.08. The van der Waals surface area contributed by atoms with Gasteiger partial charge in [0, 0.05) is 0 Å². The highest BCUT2D eigenvalue weighted by Crippen LogP contribution is 2.45. The van der Waals surface area contributed by atoms with Crippen molar-refractivity contribution in [3.8, 4) is 11.1 Å². The third-order valence-corrected chi connectivity index (χ3v) is 5.78. The summed E-state index contributed by atoms with van der Waals surface area (Å²) in [5, 5.41) is 0. The van der Waals surface area contributed by atoms with E-state index in [9.17, 15) is 24.0 Å². The Morgan fingerprint density at radius 2 is 1.19 bits per heavy atom. The van der Waals surface area contributed by atoms with E-state index in [-0.39, 0.29) is 58.7 Å². The smallest absolute Gasteiger partial charge is 0.340 e. The Morgan fingerprint density at radius 3 is 1.61 bits per heavy atom. The number of benzene rings is 1. The van der Waals surface area contributed by atoms with E-state index in [0.717, 1.165) is 4.90 Å². The maximum atomic E-state index is 13.4. The summed E-state index contributed by atoms with van der Waals surface area (Å²) in [6.07, 6.45) is -0.0392. The maximum absolute atomic E-state index is 13.4. The number of nitrogens with zero attached hydrogens (tertiary/aromatic N) is 1. The molecule has 184 valence electrons. The molecular weight excluding hydrogens is 466 g/mol. The number of fused-ring (bicyclic) bond motifs is 2. The average molecular weight is 489 g/mol. The number of hydrogen-bond acceptors (Lipinski definition) is 8. The van der Waals surface area contributed by atoms with Crippen molar-refractivity contribution in [2.24, 2.45) is 0 Å². The van der Waals surface area contributed by atoms with Gasteiger partial charge in [0.2, 0.25) is 0 Å². The minimum atomic E-state index is -0.815. The lowest BCUT2D eigenvalue weighted by atomic mass is 10.1. The van der Waals surface area contributed by atoms with Crippen LogP contribution in [0.15, 0.2) is 48.5 Å². The third-order valence-electron chi connectivity index (χ3n) is 5.78. The predicted octanol–water partition coefficient (Wildman–Crippen LogP) is 3.66. The van der Waals surface area contributed by atoms with Crippen molar-refractivity contribution >= 4 is 35.4 Å². The zero-order chi connectivity index (χ0) is 26.0. The number of carbonyl (C=O) groups excluding carboxylic acids is 5.